The number of carbonyl (C=O) groups is 2. The second kappa shape index (κ2) is 7.93. The fourth-order valence-electron chi connectivity index (χ4n) is 4.06. The Kier molecular flexibility index (Phi) is 5.32. The fraction of sp³-hybridized carbons (Fsp3) is 0.304. The highest BCUT2D eigenvalue weighted by Crippen LogP contribution is 2.38. The lowest BCUT2D eigenvalue weighted by Gasteiger charge is -2.14. The molecule has 4 rings (SSSR count). The van der Waals surface area contributed by atoms with Crippen LogP contribution in [-0.4, -0.2) is 60.9 Å². The van der Waals surface area contributed by atoms with Gasteiger partial charge in [-0.3, -0.25) is 9.59 Å². The molecule has 0 radical (unpaired) electrons. The summed E-state index contributed by atoms with van der Waals surface area (Å²) in [6.45, 7) is 1.48. The average molecular weight is 406 g/mol. The molecule has 1 aromatic heterocycles. The number of likely N-dealkylation sites (N-methyl/N-ethyl adjacent to an activating group) is 1. The van der Waals surface area contributed by atoms with E-state index in [2.05, 4.69) is 15.6 Å². The first-order valence-electron chi connectivity index (χ1n) is 10.0. The maximum absolute atomic E-state index is 13.0. The molecule has 2 aliphatic rings. The molecule has 0 atom stereocenters. The van der Waals surface area contributed by atoms with Gasteiger partial charge in [0.1, 0.15) is 5.75 Å². The number of hydrogen-bond acceptors (Lipinski definition) is 5. The van der Waals surface area contributed by atoms with E-state index in [1.54, 1.807) is 18.2 Å². The van der Waals surface area contributed by atoms with E-state index < -0.39 is 0 Å². The van der Waals surface area contributed by atoms with Gasteiger partial charge in [-0.15, -0.1) is 0 Å². The molecular formula is C23H26N4O3. The number of fused-ring (bicyclic) bond motifs is 2. The van der Waals surface area contributed by atoms with Crippen LogP contribution in [0.25, 0.3) is 16.5 Å². The van der Waals surface area contributed by atoms with Crippen LogP contribution in [0.3, 0.4) is 0 Å². The van der Waals surface area contributed by atoms with Crippen LogP contribution in [0.5, 0.6) is 5.75 Å². The summed E-state index contributed by atoms with van der Waals surface area (Å²) in [5.74, 6) is -0.166. The SMILES string of the molecule is CNCCc1c[nH]c2c(C3=CC(=O)C4=C(CCN(C)C)C(=O)NC4=C3)ccc(O)c12. The number of H-pyrrole nitrogens is 1. The van der Waals surface area contributed by atoms with Gasteiger partial charge in [-0.2, -0.15) is 0 Å². The summed E-state index contributed by atoms with van der Waals surface area (Å²) in [5.41, 5.74) is 4.88. The molecule has 0 unspecified atom stereocenters. The summed E-state index contributed by atoms with van der Waals surface area (Å²) in [4.78, 5) is 30.7. The van der Waals surface area contributed by atoms with Crippen LogP contribution < -0.4 is 10.6 Å². The Balaban J connectivity index is 1.75. The third-order valence-electron chi connectivity index (χ3n) is 5.59. The number of nitrogens with one attached hydrogen (secondary N) is 3. The van der Waals surface area contributed by atoms with Crippen LogP contribution in [0.4, 0.5) is 0 Å². The largest absolute Gasteiger partial charge is 0.507 e. The van der Waals surface area contributed by atoms with Crippen molar-refractivity contribution in [1.29, 1.82) is 0 Å². The summed E-state index contributed by atoms with van der Waals surface area (Å²) in [6.07, 6.45) is 6.61. The van der Waals surface area contributed by atoms with Crippen molar-refractivity contribution in [2.75, 3.05) is 34.2 Å². The summed E-state index contributed by atoms with van der Waals surface area (Å²) in [7, 11) is 5.76. The Morgan fingerprint density at radius 3 is 2.67 bits per heavy atom. The molecule has 1 aliphatic heterocycles. The minimum absolute atomic E-state index is 0.169. The van der Waals surface area contributed by atoms with E-state index in [-0.39, 0.29) is 17.4 Å². The molecule has 7 nitrogen and oxygen atoms in total. The van der Waals surface area contributed by atoms with Crippen LogP contribution in [0.1, 0.15) is 17.5 Å². The molecule has 1 aromatic carbocycles. The molecule has 156 valence electrons. The second-order valence-electron chi connectivity index (χ2n) is 7.93. The van der Waals surface area contributed by atoms with Crippen molar-refractivity contribution in [2.24, 2.45) is 0 Å². The number of amides is 1. The molecule has 2 aromatic rings. The predicted molar refractivity (Wildman–Crippen MR) is 117 cm³/mol. The summed E-state index contributed by atoms with van der Waals surface area (Å²) in [6, 6.07) is 3.45. The molecule has 0 saturated carbocycles. The number of phenols is 1. The van der Waals surface area contributed by atoms with Gasteiger partial charge in [0.25, 0.3) is 5.91 Å². The van der Waals surface area contributed by atoms with Gasteiger partial charge in [-0.25, -0.2) is 0 Å². The number of aromatic nitrogens is 1. The van der Waals surface area contributed by atoms with Crippen molar-refractivity contribution in [3.8, 4) is 5.75 Å². The summed E-state index contributed by atoms with van der Waals surface area (Å²) in [5, 5.41) is 17.2. The molecule has 0 spiro atoms. The third-order valence-corrected chi connectivity index (χ3v) is 5.59. The first-order chi connectivity index (χ1) is 14.4. The summed E-state index contributed by atoms with van der Waals surface area (Å²) < 4.78 is 0. The van der Waals surface area contributed by atoms with Crippen LogP contribution in [0.15, 0.2) is 47.3 Å². The number of aromatic hydroxyl groups is 1. The first-order valence-corrected chi connectivity index (χ1v) is 10.0. The van der Waals surface area contributed by atoms with Gasteiger partial charge in [0.15, 0.2) is 5.78 Å². The fourth-order valence-corrected chi connectivity index (χ4v) is 4.06. The molecule has 1 amide bonds. The lowest BCUT2D eigenvalue weighted by atomic mass is 9.90. The standard InChI is InChI=1S/C23H26N4O3/c1-24-8-6-13-12-25-22-15(4-5-18(28)20(13)22)14-10-17-21(19(29)11-14)16(23(30)26-17)7-9-27(2)3/h4-5,10-12,24-25,28H,6-9H2,1-3H3,(H,26,30). The molecule has 7 heteroatoms. The smallest absolute Gasteiger partial charge is 0.252 e. The topological polar surface area (TPSA) is 97.5 Å². The van der Waals surface area contributed by atoms with Gasteiger partial charge in [0.05, 0.1) is 16.8 Å². The lowest BCUT2D eigenvalue weighted by Crippen LogP contribution is -2.20. The van der Waals surface area contributed by atoms with Gasteiger partial charge in [-0.05, 0) is 76.0 Å². The molecule has 0 saturated heterocycles. The zero-order valence-corrected chi connectivity index (χ0v) is 17.4. The average Bonchev–Trinajstić information content (AvgIpc) is 3.26. The molecule has 0 bridgehead atoms. The minimum Gasteiger partial charge on any atom is -0.507 e. The number of benzene rings is 1. The van der Waals surface area contributed by atoms with Gasteiger partial charge in [0, 0.05) is 29.3 Å². The van der Waals surface area contributed by atoms with Crippen molar-refractivity contribution in [1.82, 2.24) is 20.5 Å². The minimum atomic E-state index is -0.203. The number of nitrogens with zero attached hydrogens (tertiary/aromatic N) is 1. The Morgan fingerprint density at radius 2 is 1.93 bits per heavy atom. The number of carbonyl (C=O) groups excluding carboxylic acids is 2. The Bertz CT molecular complexity index is 1130. The first kappa shape index (κ1) is 20.1. The van der Waals surface area contributed by atoms with Crippen molar-refractivity contribution in [3.63, 3.8) is 0 Å². The molecular weight excluding hydrogens is 380 g/mol. The van der Waals surface area contributed by atoms with E-state index in [4.69, 9.17) is 0 Å². The molecule has 30 heavy (non-hydrogen) atoms. The van der Waals surface area contributed by atoms with Crippen molar-refractivity contribution in [2.45, 2.75) is 12.8 Å². The summed E-state index contributed by atoms with van der Waals surface area (Å²) >= 11 is 0. The highest BCUT2D eigenvalue weighted by molar-refractivity contribution is 6.22. The van der Waals surface area contributed by atoms with E-state index >= 15 is 0 Å². The van der Waals surface area contributed by atoms with E-state index in [0.29, 0.717) is 35.4 Å². The van der Waals surface area contributed by atoms with E-state index in [9.17, 15) is 14.7 Å². The third kappa shape index (κ3) is 3.46. The maximum atomic E-state index is 13.0. The van der Waals surface area contributed by atoms with Gasteiger partial charge < -0.3 is 25.6 Å². The van der Waals surface area contributed by atoms with Crippen LogP contribution >= 0.6 is 0 Å². The monoisotopic (exact) mass is 406 g/mol. The zero-order valence-electron chi connectivity index (χ0n) is 17.4. The van der Waals surface area contributed by atoms with Crippen molar-refractivity contribution in [3.05, 3.63) is 58.5 Å². The lowest BCUT2D eigenvalue weighted by molar-refractivity contribution is -0.116. The van der Waals surface area contributed by atoms with Gasteiger partial charge >= 0.3 is 0 Å². The number of phenolic OH excluding ortho intramolecular Hbond substituents is 1. The van der Waals surface area contributed by atoms with Gasteiger partial charge in [-0.1, -0.05) is 0 Å². The number of ketones is 1. The number of hydrogen-bond donors (Lipinski definition) is 4. The molecule has 4 N–H and O–H groups in total. The van der Waals surface area contributed by atoms with Crippen molar-refractivity contribution >= 4 is 28.2 Å². The van der Waals surface area contributed by atoms with E-state index in [1.807, 2.05) is 38.3 Å². The Labute approximate surface area is 175 Å². The van der Waals surface area contributed by atoms with Crippen molar-refractivity contribution < 1.29 is 14.7 Å². The number of rotatable bonds is 7. The van der Waals surface area contributed by atoms with E-state index in [1.165, 1.54) is 0 Å². The highest BCUT2D eigenvalue weighted by Gasteiger charge is 2.33. The molecule has 0 fully saturated rings. The van der Waals surface area contributed by atoms with Gasteiger partial charge in [0.2, 0.25) is 0 Å². The quantitative estimate of drug-likeness (QED) is 0.563. The predicted octanol–water partition coefficient (Wildman–Crippen LogP) is 1.86. The molecule has 1 aliphatic carbocycles. The maximum Gasteiger partial charge on any atom is 0.252 e. The second-order valence-corrected chi connectivity index (χ2v) is 7.93. The normalized spacial score (nSPS) is 16.3. The molecule has 2 heterocycles. The van der Waals surface area contributed by atoms with Crippen LogP contribution in [0, 0.1) is 0 Å². The number of allylic oxidation sites excluding steroid dienone is 4. The van der Waals surface area contributed by atoms with Crippen LogP contribution in [0.2, 0.25) is 0 Å². The Hall–Kier alpha value is -3.16. The van der Waals surface area contributed by atoms with Crippen LogP contribution in [-0.2, 0) is 16.0 Å². The zero-order chi connectivity index (χ0) is 21.4. The number of aromatic amines is 1. The van der Waals surface area contributed by atoms with E-state index in [0.717, 1.165) is 35.0 Å². The highest BCUT2D eigenvalue weighted by atomic mass is 16.3. The Morgan fingerprint density at radius 1 is 1.13 bits per heavy atom.